The van der Waals surface area contributed by atoms with Crippen LogP contribution in [0.3, 0.4) is 0 Å². The molecule has 1 atom stereocenters. The van der Waals surface area contributed by atoms with Gasteiger partial charge in [-0.3, -0.25) is 0 Å². The highest BCUT2D eigenvalue weighted by Crippen LogP contribution is 2.28. The fraction of sp³-hybridized carbons (Fsp3) is 0.706. The van der Waals surface area contributed by atoms with Crippen molar-refractivity contribution < 1.29 is 0 Å². The largest absolute Gasteiger partial charge is 0.354 e. The Hall–Kier alpha value is -1.09. The third-order valence-electron chi connectivity index (χ3n) is 4.30. The molecule has 3 nitrogen and oxygen atoms in total. The van der Waals surface area contributed by atoms with Gasteiger partial charge in [-0.15, -0.1) is 0 Å². The molecule has 0 spiro atoms. The molecule has 112 valence electrons. The molecule has 1 heterocycles. The molecular formula is C17H29N3. The average molecular weight is 275 g/mol. The molecule has 2 N–H and O–H groups in total. The Morgan fingerprint density at radius 2 is 1.95 bits per heavy atom. The lowest BCUT2D eigenvalue weighted by atomic mass is 10.1. The summed E-state index contributed by atoms with van der Waals surface area (Å²) < 4.78 is 0. The normalized spacial score (nSPS) is 17.6. The molecular weight excluding hydrogens is 246 g/mol. The van der Waals surface area contributed by atoms with Gasteiger partial charge in [0, 0.05) is 24.8 Å². The van der Waals surface area contributed by atoms with Crippen molar-refractivity contribution in [3.63, 3.8) is 0 Å². The summed E-state index contributed by atoms with van der Waals surface area (Å²) in [5.41, 5.74) is 7.02. The van der Waals surface area contributed by atoms with E-state index in [2.05, 4.69) is 35.9 Å². The van der Waals surface area contributed by atoms with Crippen LogP contribution in [0.15, 0.2) is 18.3 Å². The van der Waals surface area contributed by atoms with E-state index in [1.54, 1.807) is 0 Å². The smallest absolute Gasteiger partial charge is 0.128 e. The number of aromatic nitrogens is 1. The number of pyridine rings is 1. The maximum atomic E-state index is 5.91. The molecule has 0 bridgehead atoms. The summed E-state index contributed by atoms with van der Waals surface area (Å²) in [5, 5.41) is 0. The van der Waals surface area contributed by atoms with E-state index in [9.17, 15) is 0 Å². The SMILES string of the molecule is CC(C)CCN(c1ccc([C@@H](C)N)cn1)C1CCCC1. The molecule has 2 rings (SSSR count). The fourth-order valence-corrected chi connectivity index (χ4v) is 2.93. The predicted molar refractivity (Wildman–Crippen MR) is 85.9 cm³/mol. The lowest BCUT2D eigenvalue weighted by molar-refractivity contribution is 0.525. The number of nitrogens with zero attached hydrogens (tertiary/aromatic N) is 2. The molecule has 0 unspecified atom stereocenters. The van der Waals surface area contributed by atoms with Gasteiger partial charge < -0.3 is 10.6 Å². The van der Waals surface area contributed by atoms with Crippen LogP contribution in [0.1, 0.15) is 64.5 Å². The Balaban J connectivity index is 2.11. The second-order valence-electron chi connectivity index (χ2n) is 6.55. The standard InChI is InChI=1S/C17H29N3/c1-13(2)10-11-20(16-6-4-5-7-16)17-9-8-15(12-19-17)14(3)18/h8-9,12-14,16H,4-7,10-11,18H2,1-3H3/t14-/m1/s1. The Morgan fingerprint density at radius 1 is 1.25 bits per heavy atom. The second kappa shape index (κ2) is 7.07. The van der Waals surface area contributed by atoms with Gasteiger partial charge in [-0.25, -0.2) is 4.98 Å². The topological polar surface area (TPSA) is 42.1 Å². The van der Waals surface area contributed by atoms with Crippen LogP contribution in [0.2, 0.25) is 0 Å². The molecule has 3 heteroatoms. The number of hydrogen-bond acceptors (Lipinski definition) is 3. The van der Waals surface area contributed by atoms with Crippen molar-refractivity contribution in [2.45, 2.75) is 65.0 Å². The van der Waals surface area contributed by atoms with Crippen molar-refractivity contribution in [1.82, 2.24) is 4.98 Å². The minimum atomic E-state index is 0.0622. The van der Waals surface area contributed by atoms with Crippen LogP contribution in [-0.4, -0.2) is 17.6 Å². The summed E-state index contributed by atoms with van der Waals surface area (Å²) >= 11 is 0. The third kappa shape index (κ3) is 3.95. The van der Waals surface area contributed by atoms with E-state index in [4.69, 9.17) is 5.73 Å². The van der Waals surface area contributed by atoms with Crippen LogP contribution in [0.4, 0.5) is 5.82 Å². The summed E-state index contributed by atoms with van der Waals surface area (Å²) in [6, 6.07) is 5.02. The molecule has 1 saturated carbocycles. The zero-order valence-corrected chi connectivity index (χ0v) is 13.2. The number of anilines is 1. The lowest BCUT2D eigenvalue weighted by Gasteiger charge is -2.31. The van der Waals surface area contributed by atoms with Crippen LogP contribution in [0.25, 0.3) is 0 Å². The van der Waals surface area contributed by atoms with Gasteiger partial charge in [0.1, 0.15) is 5.82 Å². The number of hydrogen-bond donors (Lipinski definition) is 1. The Kier molecular flexibility index (Phi) is 5.41. The maximum absolute atomic E-state index is 5.91. The summed E-state index contributed by atoms with van der Waals surface area (Å²) in [6.45, 7) is 7.70. The van der Waals surface area contributed by atoms with Crippen molar-refractivity contribution >= 4 is 5.82 Å². The van der Waals surface area contributed by atoms with Crippen molar-refractivity contribution in [1.29, 1.82) is 0 Å². The summed E-state index contributed by atoms with van der Waals surface area (Å²) in [4.78, 5) is 7.19. The Labute approximate surface area is 123 Å². The molecule has 1 aliphatic rings. The first-order valence-corrected chi connectivity index (χ1v) is 8.06. The first-order valence-electron chi connectivity index (χ1n) is 8.06. The molecule has 0 saturated heterocycles. The van der Waals surface area contributed by atoms with E-state index in [-0.39, 0.29) is 6.04 Å². The van der Waals surface area contributed by atoms with Crippen molar-refractivity contribution in [2.24, 2.45) is 11.7 Å². The highest BCUT2D eigenvalue weighted by atomic mass is 15.2. The average Bonchev–Trinajstić information content (AvgIpc) is 2.93. The van der Waals surface area contributed by atoms with E-state index in [0.29, 0.717) is 6.04 Å². The van der Waals surface area contributed by atoms with Gasteiger partial charge in [-0.05, 0) is 43.7 Å². The maximum Gasteiger partial charge on any atom is 0.128 e. The van der Waals surface area contributed by atoms with E-state index >= 15 is 0 Å². The minimum Gasteiger partial charge on any atom is -0.354 e. The van der Waals surface area contributed by atoms with Gasteiger partial charge in [-0.1, -0.05) is 32.8 Å². The highest BCUT2D eigenvalue weighted by molar-refractivity contribution is 5.41. The molecule has 1 aliphatic carbocycles. The summed E-state index contributed by atoms with van der Waals surface area (Å²) in [5.74, 6) is 1.86. The van der Waals surface area contributed by atoms with Gasteiger partial charge in [0.2, 0.25) is 0 Å². The quantitative estimate of drug-likeness (QED) is 0.856. The van der Waals surface area contributed by atoms with Gasteiger partial charge >= 0.3 is 0 Å². The molecule has 1 aromatic rings. The van der Waals surface area contributed by atoms with Crippen LogP contribution in [-0.2, 0) is 0 Å². The van der Waals surface area contributed by atoms with E-state index < -0.39 is 0 Å². The van der Waals surface area contributed by atoms with Gasteiger partial charge in [0.05, 0.1) is 0 Å². The van der Waals surface area contributed by atoms with Gasteiger partial charge in [-0.2, -0.15) is 0 Å². The zero-order chi connectivity index (χ0) is 14.5. The molecule has 0 radical (unpaired) electrons. The Bertz CT molecular complexity index is 391. The molecule has 1 fully saturated rings. The monoisotopic (exact) mass is 275 g/mol. The van der Waals surface area contributed by atoms with Crippen molar-refractivity contribution in [2.75, 3.05) is 11.4 Å². The van der Waals surface area contributed by atoms with Crippen LogP contribution < -0.4 is 10.6 Å². The van der Waals surface area contributed by atoms with Crippen LogP contribution in [0, 0.1) is 5.92 Å². The Morgan fingerprint density at radius 3 is 2.45 bits per heavy atom. The van der Waals surface area contributed by atoms with Gasteiger partial charge in [0.25, 0.3) is 0 Å². The van der Waals surface area contributed by atoms with E-state index in [0.717, 1.165) is 23.8 Å². The second-order valence-corrected chi connectivity index (χ2v) is 6.55. The number of rotatable bonds is 6. The molecule has 0 aromatic carbocycles. The third-order valence-corrected chi connectivity index (χ3v) is 4.30. The summed E-state index contributed by atoms with van der Waals surface area (Å²) in [7, 11) is 0. The van der Waals surface area contributed by atoms with Crippen molar-refractivity contribution in [3.05, 3.63) is 23.9 Å². The van der Waals surface area contributed by atoms with Gasteiger partial charge in [0.15, 0.2) is 0 Å². The lowest BCUT2D eigenvalue weighted by Crippen LogP contribution is -2.35. The first kappa shape index (κ1) is 15.3. The minimum absolute atomic E-state index is 0.0622. The highest BCUT2D eigenvalue weighted by Gasteiger charge is 2.23. The fourth-order valence-electron chi connectivity index (χ4n) is 2.93. The molecule has 0 amide bonds. The molecule has 1 aromatic heterocycles. The zero-order valence-electron chi connectivity index (χ0n) is 13.2. The predicted octanol–water partition coefficient (Wildman–Crippen LogP) is 3.90. The molecule has 20 heavy (non-hydrogen) atoms. The molecule has 0 aliphatic heterocycles. The first-order chi connectivity index (χ1) is 9.58. The van der Waals surface area contributed by atoms with Crippen molar-refractivity contribution in [3.8, 4) is 0 Å². The summed E-state index contributed by atoms with van der Waals surface area (Å²) in [6.07, 6.45) is 8.52. The van der Waals surface area contributed by atoms with E-state index in [1.807, 2.05) is 13.1 Å². The van der Waals surface area contributed by atoms with E-state index in [1.165, 1.54) is 32.1 Å². The number of nitrogens with two attached hydrogens (primary N) is 1. The van der Waals surface area contributed by atoms with Crippen LogP contribution in [0.5, 0.6) is 0 Å². The van der Waals surface area contributed by atoms with Crippen LogP contribution >= 0.6 is 0 Å².